The molecule has 5 heteroatoms. The predicted molar refractivity (Wildman–Crippen MR) is 204 cm³/mol. The van der Waals surface area contributed by atoms with Gasteiger partial charge in [0.1, 0.15) is 11.2 Å². The first-order valence-electron chi connectivity index (χ1n) is 16.2. The van der Waals surface area contributed by atoms with E-state index >= 15 is 0 Å². The first kappa shape index (κ1) is 29.7. The largest absolute Gasteiger partial charge is 0.408 e. The Kier molecular flexibility index (Phi) is 8.14. The fourth-order valence-electron chi connectivity index (χ4n) is 6.78. The fraction of sp³-hybridized carbons (Fsp3) is 0.0952. The Hall–Kier alpha value is -4.65. The van der Waals surface area contributed by atoms with Crippen molar-refractivity contribution in [3.05, 3.63) is 163 Å². The number of nitrogens with zero attached hydrogens (tertiary/aromatic N) is 1. The SMILES string of the molecule is CCN([C@H](C)c1ccccc1P(c1ccccc1)c1ccccc1)p1oc2ccc3ccccc3c2c2c(ccc3ccccc32)o1. The summed E-state index contributed by atoms with van der Waals surface area (Å²) in [6.07, 6.45) is 0. The van der Waals surface area contributed by atoms with Gasteiger partial charge in [0.2, 0.25) is 0 Å². The molecular weight excluding hydrogens is 612 g/mol. The van der Waals surface area contributed by atoms with Crippen LogP contribution < -0.4 is 20.6 Å². The molecule has 0 aliphatic carbocycles. The molecule has 1 heterocycles. The second-order valence-corrected chi connectivity index (χ2v) is 15.3. The smallest absolute Gasteiger partial charge is 0.310 e. The number of benzene rings is 7. The molecule has 0 N–H and O–H groups in total. The summed E-state index contributed by atoms with van der Waals surface area (Å²) >= 11 is 0. The van der Waals surface area contributed by atoms with Gasteiger partial charge in [0, 0.05) is 23.4 Å². The Balaban J connectivity index is 1.35. The van der Waals surface area contributed by atoms with Gasteiger partial charge in [0.15, 0.2) is 0 Å². The molecule has 1 aromatic heterocycles. The zero-order chi connectivity index (χ0) is 31.7. The maximum atomic E-state index is 7.04. The van der Waals surface area contributed by atoms with E-state index in [-0.39, 0.29) is 6.04 Å². The van der Waals surface area contributed by atoms with Crippen LogP contribution in [0.4, 0.5) is 0 Å². The van der Waals surface area contributed by atoms with E-state index in [0.717, 1.165) is 28.5 Å². The Morgan fingerprint density at radius 2 is 1.02 bits per heavy atom. The van der Waals surface area contributed by atoms with Gasteiger partial charge in [-0.05, 0) is 70.0 Å². The fourth-order valence-corrected chi connectivity index (χ4v) is 10.9. The van der Waals surface area contributed by atoms with E-state index < -0.39 is 16.1 Å². The average Bonchev–Trinajstić information content (AvgIpc) is 3.30. The van der Waals surface area contributed by atoms with Crippen LogP contribution in [-0.2, 0) is 0 Å². The topological polar surface area (TPSA) is 29.5 Å². The van der Waals surface area contributed by atoms with Gasteiger partial charge in [-0.3, -0.25) is 0 Å². The van der Waals surface area contributed by atoms with Gasteiger partial charge in [-0.25, -0.2) is 0 Å². The standard InChI is InChI=1S/C42H35NO2P2/c1-3-43(30(2)35-22-14-15-25-40(35)46(33-18-6-4-7-19-33)34-20-8-5-9-21-34)47-44-38-28-26-31-16-10-12-23-36(31)41(38)42-37-24-13-11-17-32(37)27-29-39(42)45-47/h4-30H,3H2,1-2H3/t30-/m1/s1. The minimum absolute atomic E-state index is 0.0330. The summed E-state index contributed by atoms with van der Waals surface area (Å²) in [6.45, 7) is 5.27. The molecule has 8 aromatic rings. The first-order valence-corrected chi connectivity index (χ1v) is 18.6. The van der Waals surface area contributed by atoms with Crippen molar-refractivity contribution in [2.45, 2.75) is 19.9 Å². The summed E-state index contributed by atoms with van der Waals surface area (Å²) < 4.78 is 16.5. The molecular formula is C42H35NO2P2. The van der Waals surface area contributed by atoms with Gasteiger partial charge in [-0.15, -0.1) is 0 Å². The molecule has 0 radical (unpaired) electrons. The van der Waals surface area contributed by atoms with E-state index in [2.05, 4.69) is 176 Å². The highest BCUT2D eigenvalue weighted by Gasteiger charge is 2.27. The maximum absolute atomic E-state index is 7.04. The third kappa shape index (κ3) is 5.45. The zero-order valence-corrected chi connectivity index (χ0v) is 28.2. The molecule has 47 heavy (non-hydrogen) atoms. The highest BCUT2D eigenvalue weighted by atomic mass is 31.1. The third-order valence-corrected chi connectivity index (χ3v) is 13.3. The van der Waals surface area contributed by atoms with E-state index in [1.807, 2.05) is 0 Å². The van der Waals surface area contributed by atoms with Gasteiger partial charge < -0.3 is 8.39 Å². The predicted octanol–water partition coefficient (Wildman–Crippen LogP) is 11.1. The average molecular weight is 648 g/mol. The molecule has 0 saturated heterocycles. The molecule has 3 nitrogen and oxygen atoms in total. The number of hydrogen-bond acceptors (Lipinski definition) is 3. The van der Waals surface area contributed by atoms with E-state index in [4.69, 9.17) is 8.39 Å². The van der Waals surface area contributed by atoms with Crippen molar-refractivity contribution >= 4 is 75.5 Å². The van der Waals surface area contributed by atoms with Crippen molar-refractivity contribution < 1.29 is 8.39 Å². The zero-order valence-electron chi connectivity index (χ0n) is 26.5. The van der Waals surface area contributed by atoms with Crippen LogP contribution in [0.2, 0.25) is 0 Å². The second kappa shape index (κ2) is 12.9. The second-order valence-electron chi connectivity index (χ2n) is 11.7. The Bertz CT molecular complexity index is 2250. The lowest BCUT2D eigenvalue weighted by Crippen LogP contribution is -2.30. The van der Waals surface area contributed by atoms with Gasteiger partial charge in [-0.2, -0.15) is 4.67 Å². The van der Waals surface area contributed by atoms with Crippen molar-refractivity contribution in [1.82, 2.24) is 0 Å². The number of hydrogen-bond donors (Lipinski definition) is 0. The van der Waals surface area contributed by atoms with E-state index in [1.165, 1.54) is 43.0 Å². The van der Waals surface area contributed by atoms with Crippen LogP contribution >= 0.6 is 16.1 Å². The van der Waals surface area contributed by atoms with Crippen LogP contribution in [-0.4, -0.2) is 6.54 Å². The molecule has 0 saturated carbocycles. The van der Waals surface area contributed by atoms with Gasteiger partial charge in [-0.1, -0.05) is 153 Å². The quantitative estimate of drug-likeness (QED) is 0.161. The minimum Gasteiger partial charge on any atom is -0.408 e. The van der Waals surface area contributed by atoms with Crippen molar-refractivity contribution in [1.29, 1.82) is 0 Å². The summed E-state index contributed by atoms with van der Waals surface area (Å²) in [5.41, 5.74) is 3.02. The maximum Gasteiger partial charge on any atom is 0.310 e. The van der Waals surface area contributed by atoms with E-state index in [1.54, 1.807) is 0 Å². The lowest BCUT2D eigenvalue weighted by atomic mass is 9.99. The van der Waals surface area contributed by atoms with E-state index in [9.17, 15) is 0 Å². The normalized spacial score (nSPS) is 12.4. The molecule has 0 spiro atoms. The lowest BCUT2D eigenvalue weighted by molar-refractivity contribution is 0.601. The monoisotopic (exact) mass is 647 g/mol. The van der Waals surface area contributed by atoms with Gasteiger partial charge in [0.25, 0.3) is 0 Å². The van der Waals surface area contributed by atoms with Gasteiger partial charge in [0.05, 0.1) is 0 Å². The van der Waals surface area contributed by atoms with Crippen molar-refractivity contribution in [3.63, 3.8) is 0 Å². The summed E-state index contributed by atoms with van der Waals surface area (Å²) in [5, 5.41) is 10.9. The number of fused-ring (bicyclic) bond motifs is 7. The molecule has 8 rings (SSSR count). The van der Waals surface area contributed by atoms with Crippen molar-refractivity contribution in [2.24, 2.45) is 0 Å². The number of rotatable bonds is 7. The first-order chi connectivity index (χ1) is 23.2. The van der Waals surface area contributed by atoms with E-state index in [0.29, 0.717) is 0 Å². The van der Waals surface area contributed by atoms with Crippen molar-refractivity contribution in [2.75, 3.05) is 11.2 Å². The van der Waals surface area contributed by atoms with Crippen LogP contribution in [0.15, 0.2) is 166 Å². The minimum atomic E-state index is -1.51. The summed E-state index contributed by atoms with van der Waals surface area (Å²) in [7, 11) is -2.29. The molecule has 230 valence electrons. The lowest BCUT2D eigenvalue weighted by Gasteiger charge is -2.29. The highest BCUT2D eigenvalue weighted by Crippen LogP contribution is 2.45. The molecule has 0 fully saturated rings. The van der Waals surface area contributed by atoms with Crippen LogP contribution in [0.1, 0.15) is 25.5 Å². The molecule has 0 aliphatic heterocycles. The van der Waals surface area contributed by atoms with Crippen LogP contribution in [0, 0.1) is 0 Å². The molecule has 0 aliphatic rings. The van der Waals surface area contributed by atoms with Gasteiger partial charge >= 0.3 is 8.16 Å². The molecule has 1 atom stereocenters. The molecule has 7 aromatic carbocycles. The Morgan fingerprint density at radius 1 is 0.553 bits per heavy atom. The third-order valence-electron chi connectivity index (χ3n) is 9.02. The summed E-state index contributed by atoms with van der Waals surface area (Å²) in [4.78, 5) is 0. The summed E-state index contributed by atoms with van der Waals surface area (Å²) in [5.74, 6) is 0. The summed E-state index contributed by atoms with van der Waals surface area (Å²) in [6, 6.07) is 56.6. The highest BCUT2D eigenvalue weighted by molar-refractivity contribution is 7.79. The molecule has 0 bridgehead atoms. The Morgan fingerprint density at radius 3 is 1.55 bits per heavy atom. The molecule has 0 amide bonds. The van der Waals surface area contributed by atoms with Crippen LogP contribution in [0.3, 0.4) is 0 Å². The molecule has 0 unspecified atom stereocenters. The van der Waals surface area contributed by atoms with Crippen LogP contribution in [0.5, 0.6) is 0 Å². The Labute approximate surface area is 277 Å². The van der Waals surface area contributed by atoms with Crippen molar-refractivity contribution in [3.8, 4) is 0 Å². The van der Waals surface area contributed by atoms with Crippen LogP contribution in [0.25, 0.3) is 43.5 Å².